The van der Waals surface area contributed by atoms with Crippen molar-refractivity contribution in [3.63, 3.8) is 0 Å². The summed E-state index contributed by atoms with van der Waals surface area (Å²) in [5.41, 5.74) is 0. The summed E-state index contributed by atoms with van der Waals surface area (Å²) >= 11 is 0. The van der Waals surface area contributed by atoms with Crippen LogP contribution in [0.2, 0.25) is 0 Å². The third-order valence-corrected chi connectivity index (χ3v) is 2.21. The average molecular weight is 174 g/mol. The molecule has 0 radical (unpaired) electrons. The highest BCUT2D eigenvalue weighted by Gasteiger charge is 2.18. The molecule has 1 aliphatic heterocycles. The fraction of sp³-hybridized carbons (Fsp3) is 1.00. The minimum Gasteiger partial charge on any atom is -0.396 e. The summed E-state index contributed by atoms with van der Waals surface area (Å²) in [4.78, 5) is 0. The maximum Gasteiger partial charge on any atom is 0.0446 e. The molecule has 4 N–H and O–H groups in total. The zero-order valence-corrected chi connectivity index (χ0v) is 7.29. The van der Waals surface area contributed by atoms with E-state index in [1.165, 1.54) is 0 Å². The van der Waals surface area contributed by atoms with E-state index >= 15 is 0 Å². The minimum absolute atomic E-state index is 0.227. The van der Waals surface area contributed by atoms with Gasteiger partial charge in [0.25, 0.3) is 0 Å². The van der Waals surface area contributed by atoms with E-state index < -0.39 is 0 Å². The van der Waals surface area contributed by atoms with Crippen molar-refractivity contribution >= 4 is 0 Å². The average Bonchev–Trinajstić information content (AvgIpc) is 2.06. The van der Waals surface area contributed by atoms with Crippen LogP contribution < -0.4 is 10.6 Å². The normalized spacial score (nSPS) is 30.5. The van der Waals surface area contributed by atoms with Crippen LogP contribution in [0.4, 0.5) is 0 Å². The van der Waals surface area contributed by atoms with Gasteiger partial charge in [0, 0.05) is 38.4 Å². The monoisotopic (exact) mass is 174 g/mol. The second-order valence-corrected chi connectivity index (χ2v) is 3.24. The molecule has 0 aromatic rings. The van der Waals surface area contributed by atoms with E-state index in [1.54, 1.807) is 0 Å². The molecule has 0 aliphatic carbocycles. The third-order valence-electron chi connectivity index (χ3n) is 2.21. The summed E-state index contributed by atoms with van der Waals surface area (Å²) < 4.78 is 0. The Kier molecular flexibility index (Phi) is 4.53. The van der Waals surface area contributed by atoms with E-state index in [0.717, 1.165) is 25.9 Å². The van der Waals surface area contributed by atoms with Crippen LogP contribution in [0.15, 0.2) is 0 Å². The highest BCUT2D eigenvalue weighted by Crippen LogP contribution is 2.00. The highest BCUT2D eigenvalue weighted by molar-refractivity contribution is 4.82. The first-order valence-corrected chi connectivity index (χ1v) is 4.55. The molecule has 0 unspecified atom stereocenters. The van der Waals surface area contributed by atoms with E-state index in [2.05, 4.69) is 10.6 Å². The summed E-state index contributed by atoms with van der Waals surface area (Å²) in [7, 11) is 0. The van der Waals surface area contributed by atoms with Crippen LogP contribution >= 0.6 is 0 Å². The Morgan fingerprint density at radius 2 is 1.50 bits per heavy atom. The van der Waals surface area contributed by atoms with Crippen molar-refractivity contribution in [1.82, 2.24) is 10.6 Å². The number of piperazine rings is 1. The molecule has 1 rings (SSSR count). The molecule has 0 amide bonds. The molecule has 0 spiro atoms. The SMILES string of the molecule is OCC[C@@H]1CNC[C@H](CCO)N1. The first-order valence-electron chi connectivity index (χ1n) is 4.55. The molecule has 1 heterocycles. The lowest BCUT2D eigenvalue weighted by molar-refractivity contribution is 0.213. The topological polar surface area (TPSA) is 64.5 Å². The van der Waals surface area contributed by atoms with Crippen molar-refractivity contribution in [2.45, 2.75) is 24.9 Å². The van der Waals surface area contributed by atoms with Gasteiger partial charge in [-0.3, -0.25) is 0 Å². The zero-order valence-electron chi connectivity index (χ0n) is 7.29. The molecule has 2 atom stereocenters. The Balaban J connectivity index is 2.20. The summed E-state index contributed by atoms with van der Waals surface area (Å²) in [6.07, 6.45) is 1.57. The van der Waals surface area contributed by atoms with Gasteiger partial charge in [-0.05, 0) is 12.8 Å². The zero-order chi connectivity index (χ0) is 8.81. The Labute approximate surface area is 73.0 Å². The molecule has 1 saturated heterocycles. The molecule has 0 aromatic heterocycles. The van der Waals surface area contributed by atoms with Gasteiger partial charge in [-0.2, -0.15) is 0 Å². The van der Waals surface area contributed by atoms with Crippen LogP contribution in [-0.4, -0.2) is 48.6 Å². The Hall–Kier alpha value is -0.160. The van der Waals surface area contributed by atoms with Crippen LogP contribution in [0, 0.1) is 0 Å². The first kappa shape index (κ1) is 9.92. The molecule has 0 saturated carbocycles. The second kappa shape index (κ2) is 5.48. The van der Waals surface area contributed by atoms with Gasteiger partial charge in [0.15, 0.2) is 0 Å². The molecular formula is C8H18N2O2. The van der Waals surface area contributed by atoms with Crippen LogP contribution in [0.3, 0.4) is 0 Å². The van der Waals surface area contributed by atoms with Gasteiger partial charge in [0.2, 0.25) is 0 Å². The van der Waals surface area contributed by atoms with E-state index in [1.807, 2.05) is 0 Å². The molecule has 4 nitrogen and oxygen atoms in total. The molecular weight excluding hydrogens is 156 g/mol. The van der Waals surface area contributed by atoms with Gasteiger partial charge in [-0.1, -0.05) is 0 Å². The molecule has 0 bridgehead atoms. The third kappa shape index (κ3) is 3.06. The van der Waals surface area contributed by atoms with E-state index in [0.29, 0.717) is 12.1 Å². The molecule has 0 aromatic carbocycles. The van der Waals surface area contributed by atoms with Gasteiger partial charge in [0.1, 0.15) is 0 Å². The Morgan fingerprint density at radius 3 is 1.92 bits per heavy atom. The lowest BCUT2D eigenvalue weighted by Gasteiger charge is -2.31. The first-order chi connectivity index (χ1) is 5.86. The number of nitrogens with one attached hydrogen (secondary N) is 2. The molecule has 12 heavy (non-hydrogen) atoms. The van der Waals surface area contributed by atoms with E-state index in [4.69, 9.17) is 10.2 Å². The number of hydrogen-bond acceptors (Lipinski definition) is 4. The molecule has 4 heteroatoms. The fourth-order valence-corrected chi connectivity index (χ4v) is 1.57. The van der Waals surface area contributed by atoms with Crippen molar-refractivity contribution in [1.29, 1.82) is 0 Å². The lowest BCUT2D eigenvalue weighted by atomic mass is 10.1. The highest BCUT2D eigenvalue weighted by atomic mass is 16.3. The maximum absolute atomic E-state index is 8.72. The smallest absolute Gasteiger partial charge is 0.0446 e. The Bertz CT molecular complexity index is 106. The second-order valence-electron chi connectivity index (χ2n) is 3.24. The number of rotatable bonds is 4. The predicted molar refractivity (Wildman–Crippen MR) is 47.0 cm³/mol. The summed E-state index contributed by atoms with van der Waals surface area (Å²) in [5.74, 6) is 0. The fourth-order valence-electron chi connectivity index (χ4n) is 1.57. The van der Waals surface area contributed by atoms with E-state index in [9.17, 15) is 0 Å². The van der Waals surface area contributed by atoms with Crippen LogP contribution in [0.25, 0.3) is 0 Å². The largest absolute Gasteiger partial charge is 0.396 e. The van der Waals surface area contributed by atoms with Crippen LogP contribution in [0.1, 0.15) is 12.8 Å². The summed E-state index contributed by atoms with van der Waals surface area (Å²) in [6, 6.07) is 0.723. The summed E-state index contributed by atoms with van der Waals surface area (Å²) in [5, 5.41) is 24.1. The van der Waals surface area contributed by atoms with Crippen molar-refractivity contribution in [3.8, 4) is 0 Å². The number of aliphatic hydroxyl groups excluding tert-OH is 2. The van der Waals surface area contributed by atoms with E-state index in [-0.39, 0.29) is 13.2 Å². The Morgan fingerprint density at radius 1 is 1.00 bits per heavy atom. The summed E-state index contributed by atoms with van der Waals surface area (Å²) in [6.45, 7) is 2.29. The van der Waals surface area contributed by atoms with Gasteiger partial charge in [-0.25, -0.2) is 0 Å². The molecule has 1 fully saturated rings. The molecule has 1 aliphatic rings. The maximum atomic E-state index is 8.72. The van der Waals surface area contributed by atoms with Crippen molar-refractivity contribution < 1.29 is 10.2 Å². The van der Waals surface area contributed by atoms with Crippen molar-refractivity contribution in [2.75, 3.05) is 26.3 Å². The van der Waals surface area contributed by atoms with Crippen LogP contribution in [-0.2, 0) is 0 Å². The number of hydrogen-bond donors (Lipinski definition) is 4. The van der Waals surface area contributed by atoms with Crippen molar-refractivity contribution in [2.24, 2.45) is 0 Å². The minimum atomic E-state index is 0.227. The molecule has 72 valence electrons. The van der Waals surface area contributed by atoms with Gasteiger partial charge in [-0.15, -0.1) is 0 Å². The van der Waals surface area contributed by atoms with Crippen molar-refractivity contribution in [3.05, 3.63) is 0 Å². The predicted octanol–water partition coefficient (Wildman–Crippen LogP) is -1.32. The van der Waals surface area contributed by atoms with Gasteiger partial charge < -0.3 is 20.8 Å². The van der Waals surface area contributed by atoms with Gasteiger partial charge in [0.05, 0.1) is 0 Å². The quantitative estimate of drug-likeness (QED) is 0.427. The standard InChI is InChI=1S/C8H18N2O2/c11-3-1-7-5-9-6-8(10-7)2-4-12/h7-12H,1-6H2/t7-,8+. The van der Waals surface area contributed by atoms with Crippen LogP contribution in [0.5, 0.6) is 0 Å². The number of aliphatic hydroxyl groups is 2. The van der Waals surface area contributed by atoms with Gasteiger partial charge >= 0.3 is 0 Å². The lowest BCUT2D eigenvalue weighted by Crippen LogP contribution is -2.55.